The van der Waals surface area contributed by atoms with E-state index in [1.54, 1.807) is 31.2 Å². The molecule has 5 rings (SSSR count). The highest BCUT2D eigenvalue weighted by Gasteiger charge is 2.39. The first-order valence-corrected chi connectivity index (χ1v) is 10.9. The zero-order valence-corrected chi connectivity index (χ0v) is 18.3. The maximum atomic E-state index is 13.5. The molecule has 0 fully saturated rings. The molecule has 1 aromatic heterocycles. The number of phenolic OH excluding ortho intramolecular Hbond substituents is 1. The van der Waals surface area contributed by atoms with Gasteiger partial charge in [-0.2, -0.15) is 10.2 Å². The highest BCUT2D eigenvalue weighted by atomic mass is 16.6. The fourth-order valence-corrected chi connectivity index (χ4v) is 4.22. The minimum absolute atomic E-state index is 0.0221. The van der Waals surface area contributed by atoms with Crippen molar-refractivity contribution in [2.75, 3.05) is 0 Å². The van der Waals surface area contributed by atoms with Crippen LogP contribution in [0.1, 0.15) is 41.0 Å². The number of nitro groups is 1. The van der Waals surface area contributed by atoms with Gasteiger partial charge < -0.3 is 5.11 Å². The predicted octanol–water partition coefficient (Wildman–Crippen LogP) is 4.66. The lowest BCUT2D eigenvalue weighted by Gasteiger charge is -2.21. The van der Waals surface area contributed by atoms with Crippen LogP contribution in [0.4, 0.5) is 5.69 Å². The number of amides is 1. The molecule has 0 bridgehead atoms. The van der Waals surface area contributed by atoms with Gasteiger partial charge >= 0.3 is 11.6 Å². The molecule has 2 heterocycles. The Bertz CT molecular complexity index is 1460. The quantitative estimate of drug-likeness (QED) is 0.347. The smallest absolute Gasteiger partial charge is 0.320 e. The molecule has 0 aliphatic carbocycles. The second-order valence-corrected chi connectivity index (χ2v) is 8.01. The van der Waals surface area contributed by atoms with Crippen molar-refractivity contribution in [3.8, 4) is 5.75 Å². The van der Waals surface area contributed by atoms with E-state index < -0.39 is 16.9 Å². The average molecular weight is 455 g/mol. The fraction of sp³-hybridized carbons (Fsp3) is 0.160. The number of phenols is 1. The first-order chi connectivity index (χ1) is 16.5. The van der Waals surface area contributed by atoms with Gasteiger partial charge in [0, 0.05) is 18.5 Å². The first kappa shape index (κ1) is 21.3. The van der Waals surface area contributed by atoms with Crippen LogP contribution in [0.2, 0.25) is 0 Å². The number of carbonyl (C=O) groups excluding carboxylic acids is 1. The van der Waals surface area contributed by atoms with Crippen molar-refractivity contribution < 1.29 is 14.8 Å². The van der Waals surface area contributed by atoms with Gasteiger partial charge in [-0.15, -0.1) is 0 Å². The molecule has 4 aromatic rings. The van der Waals surface area contributed by atoms with Gasteiger partial charge in [-0.1, -0.05) is 54.6 Å². The molecule has 0 spiro atoms. The van der Waals surface area contributed by atoms with Gasteiger partial charge in [0.15, 0.2) is 0 Å². The van der Waals surface area contributed by atoms with Gasteiger partial charge in [0.25, 0.3) is 0 Å². The van der Waals surface area contributed by atoms with E-state index in [9.17, 15) is 20.0 Å². The fourth-order valence-electron chi connectivity index (χ4n) is 4.22. The summed E-state index contributed by atoms with van der Waals surface area (Å²) in [5.74, 6) is -0.670. The van der Waals surface area contributed by atoms with Crippen LogP contribution < -0.4 is 0 Å². The number of fused-ring (bicyclic) bond motifs is 1. The number of hydrazone groups is 1. The van der Waals surface area contributed by atoms with Crippen molar-refractivity contribution in [3.63, 3.8) is 0 Å². The Kier molecular flexibility index (Phi) is 5.29. The van der Waals surface area contributed by atoms with Crippen molar-refractivity contribution in [1.29, 1.82) is 0 Å². The van der Waals surface area contributed by atoms with Crippen molar-refractivity contribution in [3.05, 3.63) is 99.9 Å². The molecule has 0 radical (unpaired) electrons. The zero-order chi connectivity index (χ0) is 23.8. The largest absolute Gasteiger partial charge is 0.508 e. The SMILES string of the molecule is CCn1cc([N+](=O)[O-])c(C(=O)N2N=C(c3ccc4ccccc4c3)C[C@H]2c2ccccc2O)n1. The van der Waals surface area contributed by atoms with E-state index in [0.29, 0.717) is 24.2 Å². The highest BCUT2D eigenvalue weighted by molar-refractivity contribution is 6.07. The number of hydrogen-bond donors (Lipinski definition) is 1. The van der Waals surface area contributed by atoms with E-state index in [4.69, 9.17) is 0 Å². The standard InChI is InChI=1S/C25H21N5O4/c1-2-28-15-22(30(33)34)24(27-28)25(32)29-21(19-9-5-6-10-23(19)31)14-20(26-29)18-12-11-16-7-3-4-8-17(16)13-18/h3-13,15,21,31H,2,14H2,1H3/t21-/m0/s1. The Balaban J connectivity index is 1.61. The van der Waals surface area contributed by atoms with Gasteiger partial charge in [0.05, 0.1) is 16.7 Å². The molecule has 0 saturated carbocycles. The van der Waals surface area contributed by atoms with Gasteiger partial charge in [-0.05, 0) is 35.4 Å². The number of hydrogen-bond acceptors (Lipinski definition) is 6. The molecule has 0 unspecified atom stereocenters. The molecule has 1 aliphatic heterocycles. The molecule has 1 amide bonds. The van der Waals surface area contributed by atoms with E-state index in [-0.39, 0.29) is 17.1 Å². The first-order valence-electron chi connectivity index (χ1n) is 10.9. The number of aryl methyl sites for hydroxylation is 1. The number of rotatable bonds is 5. The summed E-state index contributed by atoms with van der Waals surface area (Å²) in [4.78, 5) is 24.5. The topological polar surface area (TPSA) is 114 Å². The van der Waals surface area contributed by atoms with Gasteiger partial charge in [-0.25, -0.2) is 5.01 Å². The van der Waals surface area contributed by atoms with Crippen molar-refractivity contribution in [1.82, 2.24) is 14.8 Å². The minimum atomic E-state index is -0.692. The molecule has 9 heteroatoms. The molecule has 1 N–H and O–H groups in total. The van der Waals surface area contributed by atoms with Crippen molar-refractivity contribution in [2.24, 2.45) is 5.10 Å². The van der Waals surface area contributed by atoms with E-state index in [1.807, 2.05) is 42.5 Å². The number of nitrogens with zero attached hydrogens (tertiary/aromatic N) is 5. The number of para-hydroxylation sites is 1. The summed E-state index contributed by atoms with van der Waals surface area (Å²) in [5.41, 5.74) is 1.33. The number of aromatic hydroxyl groups is 1. The van der Waals surface area contributed by atoms with Crippen LogP contribution in [0.15, 0.2) is 78.0 Å². The van der Waals surface area contributed by atoms with Gasteiger partial charge in [0.1, 0.15) is 11.9 Å². The van der Waals surface area contributed by atoms with Crippen LogP contribution in [0.3, 0.4) is 0 Å². The number of aromatic nitrogens is 2. The molecule has 34 heavy (non-hydrogen) atoms. The van der Waals surface area contributed by atoms with Crippen LogP contribution in [0.25, 0.3) is 10.8 Å². The Morgan fingerprint density at radius 1 is 1.12 bits per heavy atom. The maximum absolute atomic E-state index is 13.5. The molecule has 1 atom stereocenters. The van der Waals surface area contributed by atoms with E-state index in [2.05, 4.69) is 10.2 Å². The van der Waals surface area contributed by atoms with Crippen molar-refractivity contribution >= 4 is 28.1 Å². The van der Waals surface area contributed by atoms with Crippen LogP contribution in [0.5, 0.6) is 5.75 Å². The Morgan fingerprint density at radius 2 is 1.85 bits per heavy atom. The monoisotopic (exact) mass is 455 g/mol. The molecule has 1 aliphatic rings. The molecule has 170 valence electrons. The highest BCUT2D eigenvalue weighted by Crippen LogP contribution is 2.38. The van der Waals surface area contributed by atoms with Gasteiger partial charge in [0.2, 0.25) is 5.69 Å². The van der Waals surface area contributed by atoms with Crippen LogP contribution in [0, 0.1) is 10.1 Å². The zero-order valence-electron chi connectivity index (χ0n) is 18.3. The molecular formula is C25H21N5O4. The Morgan fingerprint density at radius 3 is 2.59 bits per heavy atom. The lowest BCUT2D eigenvalue weighted by atomic mass is 9.96. The molecule has 9 nitrogen and oxygen atoms in total. The van der Waals surface area contributed by atoms with Crippen LogP contribution >= 0.6 is 0 Å². The third-order valence-electron chi connectivity index (χ3n) is 5.96. The second-order valence-electron chi connectivity index (χ2n) is 8.01. The lowest BCUT2D eigenvalue weighted by molar-refractivity contribution is -0.385. The average Bonchev–Trinajstić information content (AvgIpc) is 3.49. The minimum Gasteiger partial charge on any atom is -0.508 e. The summed E-state index contributed by atoms with van der Waals surface area (Å²) in [6, 6.07) is 19.9. The van der Waals surface area contributed by atoms with E-state index >= 15 is 0 Å². The summed E-state index contributed by atoms with van der Waals surface area (Å²) in [5, 5.41) is 34.1. The summed E-state index contributed by atoms with van der Waals surface area (Å²) in [7, 11) is 0. The third-order valence-corrected chi connectivity index (χ3v) is 5.96. The summed E-state index contributed by atoms with van der Waals surface area (Å²) in [6.07, 6.45) is 1.58. The maximum Gasteiger partial charge on any atom is 0.320 e. The summed E-state index contributed by atoms with van der Waals surface area (Å²) >= 11 is 0. The summed E-state index contributed by atoms with van der Waals surface area (Å²) in [6.45, 7) is 2.16. The van der Waals surface area contributed by atoms with Gasteiger partial charge in [-0.3, -0.25) is 19.6 Å². The molecular weight excluding hydrogens is 434 g/mol. The van der Waals surface area contributed by atoms with Crippen LogP contribution in [-0.4, -0.2) is 36.4 Å². The Labute approximate surface area is 194 Å². The predicted molar refractivity (Wildman–Crippen MR) is 127 cm³/mol. The molecule has 0 saturated heterocycles. The molecule has 3 aromatic carbocycles. The van der Waals surface area contributed by atoms with Crippen molar-refractivity contribution in [2.45, 2.75) is 25.9 Å². The third kappa shape index (κ3) is 3.66. The van der Waals surface area contributed by atoms with Crippen LogP contribution in [-0.2, 0) is 6.54 Å². The van der Waals surface area contributed by atoms with E-state index in [0.717, 1.165) is 16.3 Å². The second kappa shape index (κ2) is 8.43. The summed E-state index contributed by atoms with van der Waals surface area (Å²) < 4.78 is 1.35. The number of carbonyl (C=O) groups is 1. The number of benzene rings is 3. The normalized spacial score (nSPS) is 15.5. The lowest BCUT2D eigenvalue weighted by Crippen LogP contribution is -2.28. The van der Waals surface area contributed by atoms with E-state index in [1.165, 1.54) is 15.9 Å². The Hall–Kier alpha value is -4.53.